The van der Waals surface area contributed by atoms with E-state index in [9.17, 15) is 39.9 Å². The number of benzene rings is 1. The third-order valence-corrected chi connectivity index (χ3v) is 2.73. The predicted molar refractivity (Wildman–Crippen MR) is 53.7 cm³/mol. The minimum atomic E-state index is -6.07. The second-order valence-electron chi connectivity index (χ2n) is 3.47. The van der Waals surface area contributed by atoms with Gasteiger partial charge in [0.2, 0.25) is 5.78 Å². The van der Waals surface area contributed by atoms with Crippen molar-refractivity contribution in [3.8, 4) is 0 Å². The molecular weight excluding hydrogens is 320 g/mol. The van der Waals surface area contributed by atoms with Crippen molar-refractivity contribution < 1.29 is 39.9 Å². The highest BCUT2D eigenvalue weighted by Crippen LogP contribution is 2.39. The van der Waals surface area contributed by atoms with Gasteiger partial charge < -0.3 is 0 Å². The molecule has 0 aromatic heterocycles. The van der Waals surface area contributed by atoms with Gasteiger partial charge >= 0.3 is 17.6 Å². The van der Waals surface area contributed by atoms with Crippen LogP contribution in [0.15, 0.2) is 29.2 Å². The fourth-order valence-corrected chi connectivity index (χ4v) is 1.66. The Morgan fingerprint density at radius 2 is 1.30 bits per heavy atom. The summed E-state index contributed by atoms with van der Waals surface area (Å²) in [5.41, 5.74) is -5.67. The second-order valence-corrected chi connectivity index (χ2v) is 4.61. The van der Waals surface area contributed by atoms with Gasteiger partial charge in [-0.2, -0.15) is 35.1 Å². The molecule has 1 nitrogen and oxygen atoms in total. The van der Waals surface area contributed by atoms with E-state index in [1.165, 1.54) is 0 Å². The number of Topliss-reactive ketones (excluding diaryl/α,β-unsaturated/α-hetero) is 1. The van der Waals surface area contributed by atoms with Crippen LogP contribution in [0, 0.1) is 0 Å². The molecule has 20 heavy (non-hydrogen) atoms. The number of ketones is 1. The maximum absolute atomic E-state index is 12.7. The molecule has 10 heteroatoms. The summed E-state index contributed by atoms with van der Waals surface area (Å²) in [6, 6.07) is 2.24. The van der Waals surface area contributed by atoms with Crippen molar-refractivity contribution in [2.24, 2.45) is 0 Å². The average Bonchev–Trinajstić information content (AvgIpc) is 2.25. The summed E-state index contributed by atoms with van der Waals surface area (Å²) in [4.78, 5) is 10.6. The largest absolute Gasteiger partial charge is 0.461 e. The SMILES string of the molecule is O=C(c1ccc(SC(F)(F)F)cc1)C(F)(F)C(F)(F)F. The summed E-state index contributed by atoms with van der Waals surface area (Å²) in [7, 11) is 0. The van der Waals surface area contributed by atoms with Crippen LogP contribution in [-0.4, -0.2) is 23.4 Å². The standard InChI is InChI=1S/C10H4F8OS/c11-8(12,9(13,14)15)7(19)5-1-3-6(4-2-5)20-10(16,17)18/h1-4H. The summed E-state index contributed by atoms with van der Waals surface area (Å²) in [5.74, 6) is -8.11. The molecule has 0 aliphatic carbocycles. The minimum Gasteiger partial charge on any atom is -0.287 e. The monoisotopic (exact) mass is 324 g/mol. The van der Waals surface area contributed by atoms with E-state index in [4.69, 9.17) is 0 Å². The van der Waals surface area contributed by atoms with Crippen molar-refractivity contribution in [1.82, 2.24) is 0 Å². The van der Waals surface area contributed by atoms with E-state index < -0.39 is 45.6 Å². The summed E-state index contributed by atoms with van der Waals surface area (Å²) in [6.45, 7) is 0. The third-order valence-electron chi connectivity index (χ3n) is 1.99. The number of carbonyl (C=O) groups is 1. The number of rotatable bonds is 3. The Labute approximate surface area is 111 Å². The summed E-state index contributed by atoms with van der Waals surface area (Å²) in [6.07, 6.45) is -6.07. The maximum Gasteiger partial charge on any atom is 0.461 e. The Bertz CT molecular complexity index is 487. The molecule has 0 saturated heterocycles. The van der Waals surface area contributed by atoms with E-state index in [1.54, 1.807) is 0 Å². The van der Waals surface area contributed by atoms with E-state index in [-0.39, 0.29) is 0 Å². The zero-order valence-electron chi connectivity index (χ0n) is 9.15. The zero-order chi connectivity index (χ0) is 15.8. The molecule has 0 fully saturated rings. The van der Waals surface area contributed by atoms with Crippen LogP contribution in [0.4, 0.5) is 35.1 Å². The van der Waals surface area contributed by atoms with Crippen molar-refractivity contribution in [2.75, 3.05) is 0 Å². The first-order valence-electron chi connectivity index (χ1n) is 4.70. The molecule has 0 atom stereocenters. The van der Waals surface area contributed by atoms with Gasteiger partial charge in [0.15, 0.2) is 0 Å². The lowest BCUT2D eigenvalue weighted by Crippen LogP contribution is -2.44. The van der Waals surface area contributed by atoms with Crippen LogP contribution in [-0.2, 0) is 0 Å². The highest BCUT2D eigenvalue weighted by molar-refractivity contribution is 8.00. The van der Waals surface area contributed by atoms with Crippen LogP contribution in [0.2, 0.25) is 0 Å². The molecule has 0 bridgehead atoms. The maximum atomic E-state index is 12.7. The Balaban J connectivity index is 2.97. The molecule has 0 N–H and O–H groups in total. The highest BCUT2D eigenvalue weighted by atomic mass is 32.2. The quantitative estimate of drug-likeness (QED) is 0.456. The molecule has 112 valence electrons. The third kappa shape index (κ3) is 3.84. The van der Waals surface area contributed by atoms with E-state index >= 15 is 0 Å². The van der Waals surface area contributed by atoms with Gasteiger partial charge in [0.1, 0.15) is 0 Å². The Morgan fingerprint density at radius 3 is 1.65 bits per heavy atom. The molecule has 0 saturated carbocycles. The first kappa shape index (κ1) is 16.7. The first-order valence-corrected chi connectivity index (χ1v) is 5.51. The second kappa shape index (κ2) is 5.23. The number of hydrogen-bond donors (Lipinski definition) is 0. The van der Waals surface area contributed by atoms with Gasteiger partial charge in [-0.1, -0.05) is 12.1 Å². The zero-order valence-corrected chi connectivity index (χ0v) is 9.97. The van der Waals surface area contributed by atoms with Gasteiger partial charge in [0, 0.05) is 10.5 Å². The van der Waals surface area contributed by atoms with Crippen molar-refractivity contribution >= 4 is 17.5 Å². The predicted octanol–water partition coefficient (Wildman–Crippen LogP) is 4.68. The fourth-order valence-electron chi connectivity index (χ4n) is 1.12. The summed E-state index contributed by atoms with van der Waals surface area (Å²) < 4.78 is 97.2. The Hall–Kier alpha value is -1.32. The van der Waals surface area contributed by atoms with Gasteiger partial charge in [0.25, 0.3) is 0 Å². The highest BCUT2D eigenvalue weighted by Gasteiger charge is 2.63. The van der Waals surface area contributed by atoms with Crippen molar-refractivity contribution in [1.29, 1.82) is 0 Å². The minimum absolute atomic E-state index is 0.440. The van der Waals surface area contributed by atoms with E-state index in [0.717, 1.165) is 0 Å². The lowest BCUT2D eigenvalue weighted by molar-refractivity contribution is -0.255. The van der Waals surface area contributed by atoms with Gasteiger partial charge in [-0.25, -0.2) is 0 Å². The average molecular weight is 324 g/mol. The van der Waals surface area contributed by atoms with Crippen molar-refractivity contribution in [3.05, 3.63) is 29.8 Å². The number of thioether (sulfide) groups is 1. The molecule has 0 aliphatic rings. The van der Waals surface area contributed by atoms with Gasteiger partial charge in [-0.15, -0.1) is 0 Å². The van der Waals surface area contributed by atoms with Crippen molar-refractivity contribution in [2.45, 2.75) is 22.5 Å². The Kier molecular flexibility index (Phi) is 4.37. The van der Waals surface area contributed by atoms with E-state index in [0.29, 0.717) is 24.3 Å². The lowest BCUT2D eigenvalue weighted by atomic mass is 10.1. The molecule has 1 aromatic rings. The number of halogens is 8. The van der Waals surface area contributed by atoms with Crippen LogP contribution in [0.25, 0.3) is 0 Å². The van der Waals surface area contributed by atoms with Crippen molar-refractivity contribution in [3.63, 3.8) is 0 Å². The van der Waals surface area contributed by atoms with Crippen LogP contribution in [0.5, 0.6) is 0 Å². The molecule has 0 heterocycles. The molecule has 0 spiro atoms. The molecule has 0 aliphatic heterocycles. The molecule has 1 rings (SSSR count). The first-order chi connectivity index (χ1) is 8.84. The van der Waals surface area contributed by atoms with Crippen LogP contribution in [0.3, 0.4) is 0 Å². The van der Waals surface area contributed by atoms with Gasteiger partial charge in [-0.05, 0) is 23.9 Å². The van der Waals surface area contributed by atoms with Gasteiger partial charge in [-0.3, -0.25) is 4.79 Å². The van der Waals surface area contributed by atoms with Crippen LogP contribution < -0.4 is 0 Å². The molecule has 0 amide bonds. The molecular formula is C10H4F8OS. The van der Waals surface area contributed by atoms with E-state index in [1.807, 2.05) is 0 Å². The fraction of sp³-hybridized carbons (Fsp3) is 0.300. The number of carbonyl (C=O) groups excluding carboxylic acids is 1. The molecule has 0 radical (unpaired) electrons. The smallest absolute Gasteiger partial charge is 0.287 e. The molecule has 0 unspecified atom stereocenters. The summed E-state index contributed by atoms with van der Waals surface area (Å²) >= 11 is -0.587. The number of alkyl halides is 8. The van der Waals surface area contributed by atoms with E-state index in [2.05, 4.69) is 0 Å². The van der Waals surface area contributed by atoms with Crippen LogP contribution >= 0.6 is 11.8 Å². The normalized spacial score (nSPS) is 13.4. The number of hydrogen-bond acceptors (Lipinski definition) is 2. The van der Waals surface area contributed by atoms with Gasteiger partial charge in [0.05, 0.1) is 0 Å². The summed E-state index contributed by atoms with van der Waals surface area (Å²) in [5, 5.41) is 0. The van der Waals surface area contributed by atoms with Crippen LogP contribution in [0.1, 0.15) is 10.4 Å². The topological polar surface area (TPSA) is 17.1 Å². The lowest BCUT2D eigenvalue weighted by Gasteiger charge is -2.18. The molecule has 1 aromatic carbocycles. The Morgan fingerprint density at radius 1 is 0.850 bits per heavy atom.